The molecule has 0 saturated heterocycles. The van der Waals surface area contributed by atoms with Crippen LogP contribution >= 0.6 is 0 Å². The standard InChI is InChI=1S/C14H20N4O/c1-3-8-19-13-6-4-12(5-7-13)10-18-11(2)14(9-15)16-17-18/h4-7H,3,8-10,15H2,1-2H3. The van der Waals surface area contributed by atoms with Crippen molar-refractivity contribution < 1.29 is 4.74 Å². The lowest BCUT2D eigenvalue weighted by atomic mass is 10.2. The first kappa shape index (κ1) is 13.5. The molecule has 0 radical (unpaired) electrons. The predicted molar refractivity (Wildman–Crippen MR) is 74.0 cm³/mol. The molecule has 2 N–H and O–H groups in total. The maximum atomic E-state index is 5.59. The summed E-state index contributed by atoms with van der Waals surface area (Å²) in [5.74, 6) is 0.906. The van der Waals surface area contributed by atoms with E-state index in [0.717, 1.165) is 30.2 Å². The van der Waals surface area contributed by atoms with Gasteiger partial charge in [0.05, 0.1) is 24.5 Å². The SMILES string of the molecule is CCCOc1ccc(Cn2nnc(CN)c2C)cc1. The van der Waals surface area contributed by atoms with Crippen LogP contribution in [0.3, 0.4) is 0 Å². The van der Waals surface area contributed by atoms with Crippen molar-refractivity contribution in [2.45, 2.75) is 33.4 Å². The molecule has 2 aromatic rings. The van der Waals surface area contributed by atoms with Gasteiger partial charge in [0.2, 0.25) is 0 Å². The highest BCUT2D eigenvalue weighted by Gasteiger charge is 2.07. The maximum Gasteiger partial charge on any atom is 0.119 e. The first-order valence-corrected chi connectivity index (χ1v) is 6.55. The van der Waals surface area contributed by atoms with Crippen molar-refractivity contribution in [1.82, 2.24) is 15.0 Å². The molecule has 0 spiro atoms. The Hall–Kier alpha value is -1.88. The van der Waals surface area contributed by atoms with Gasteiger partial charge < -0.3 is 10.5 Å². The molecule has 102 valence electrons. The third-order valence-electron chi connectivity index (χ3n) is 3.00. The number of aromatic nitrogens is 3. The second-order valence-electron chi connectivity index (χ2n) is 4.48. The monoisotopic (exact) mass is 260 g/mol. The van der Waals surface area contributed by atoms with Crippen molar-refractivity contribution >= 4 is 0 Å². The maximum absolute atomic E-state index is 5.59. The van der Waals surface area contributed by atoms with Gasteiger partial charge in [-0.1, -0.05) is 24.3 Å². The van der Waals surface area contributed by atoms with Crippen LogP contribution in [0, 0.1) is 6.92 Å². The van der Waals surface area contributed by atoms with E-state index in [1.807, 2.05) is 35.9 Å². The quantitative estimate of drug-likeness (QED) is 0.861. The molecule has 19 heavy (non-hydrogen) atoms. The lowest BCUT2D eigenvalue weighted by Crippen LogP contribution is -2.05. The zero-order valence-electron chi connectivity index (χ0n) is 11.5. The van der Waals surface area contributed by atoms with Gasteiger partial charge >= 0.3 is 0 Å². The summed E-state index contributed by atoms with van der Waals surface area (Å²) in [5.41, 5.74) is 8.63. The van der Waals surface area contributed by atoms with Crippen molar-refractivity contribution in [3.05, 3.63) is 41.2 Å². The fraction of sp³-hybridized carbons (Fsp3) is 0.429. The summed E-state index contributed by atoms with van der Waals surface area (Å²) < 4.78 is 7.42. The van der Waals surface area contributed by atoms with Gasteiger partial charge in [0.1, 0.15) is 5.75 Å². The summed E-state index contributed by atoms with van der Waals surface area (Å²) in [6.07, 6.45) is 1.02. The average Bonchev–Trinajstić information content (AvgIpc) is 2.79. The number of nitrogens with two attached hydrogens (primary N) is 1. The van der Waals surface area contributed by atoms with Crippen LogP contribution in [0.5, 0.6) is 5.75 Å². The van der Waals surface area contributed by atoms with Crippen molar-refractivity contribution in [3.8, 4) is 5.75 Å². The summed E-state index contributed by atoms with van der Waals surface area (Å²) in [6.45, 7) is 5.96. The Balaban J connectivity index is 2.04. The fourth-order valence-electron chi connectivity index (χ4n) is 1.82. The summed E-state index contributed by atoms with van der Waals surface area (Å²) in [5, 5.41) is 8.16. The molecule has 1 aromatic heterocycles. The Kier molecular flexibility index (Phi) is 4.52. The lowest BCUT2D eigenvalue weighted by molar-refractivity contribution is 0.317. The Bertz CT molecular complexity index is 519. The summed E-state index contributed by atoms with van der Waals surface area (Å²) in [4.78, 5) is 0. The van der Waals surface area contributed by atoms with Gasteiger partial charge in [-0.05, 0) is 31.0 Å². The smallest absolute Gasteiger partial charge is 0.119 e. The van der Waals surface area contributed by atoms with Gasteiger partial charge in [-0.3, -0.25) is 0 Å². The highest BCUT2D eigenvalue weighted by Crippen LogP contribution is 2.14. The van der Waals surface area contributed by atoms with Crippen molar-refractivity contribution in [2.24, 2.45) is 5.73 Å². The van der Waals surface area contributed by atoms with Crippen LogP contribution in [-0.4, -0.2) is 21.6 Å². The molecule has 0 amide bonds. The normalized spacial score (nSPS) is 10.7. The summed E-state index contributed by atoms with van der Waals surface area (Å²) in [7, 11) is 0. The second-order valence-corrected chi connectivity index (χ2v) is 4.48. The average molecular weight is 260 g/mol. The van der Waals surface area contributed by atoms with Crippen LogP contribution < -0.4 is 10.5 Å². The van der Waals surface area contributed by atoms with E-state index in [4.69, 9.17) is 10.5 Å². The van der Waals surface area contributed by atoms with Crippen molar-refractivity contribution in [3.63, 3.8) is 0 Å². The van der Waals surface area contributed by atoms with Gasteiger partial charge in [0.15, 0.2) is 0 Å². The minimum atomic E-state index is 0.426. The summed E-state index contributed by atoms with van der Waals surface area (Å²) in [6, 6.07) is 8.07. The first-order chi connectivity index (χ1) is 9.24. The third-order valence-corrected chi connectivity index (χ3v) is 3.00. The van der Waals surface area contributed by atoms with E-state index in [-0.39, 0.29) is 0 Å². The van der Waals surface area contributed by atoms with E-state index in [1.165, 1.54) is 5.56 Å². The van der Waals surface area contributed by atoms with Crippen molar-refractivity contribution in [1.29, 1.82) is 0 Å². The minimum absolute atomic E-state index is 0.426. The third kappa shape index (κ3) is 3.32. The van der Waals surface area contributed by atoms with Crippen molar-refractivity contribution in [2.75, 3.05) is 6.61 Å². The highest BCUT2D eigenvalue weighted by molar-refractivity contribution is 5.27. The van der Waals surface area contributed by atoms with Gasteiger partial charge in [-0.15, -0.1) is 5.10 Å². The van der Waals surface area contributed by atoms with E-state index in [9.17, 15) is 0 Å². The van der Waals surface area contributed by atoms with Crippen LogP contribution in [-0.2, 0) is 13.1 Å². The second kappa shape index (κ2) is 6.33. The molecule has 0 bridgehead atoms. The molecule has 0 atom stereocenters. The fourth-order valence-corrected chi connectivity index (χ4v) is 1.82. The molecular weight excluding hydrogens is 240 g/mol. The molecule has 2 rings (SSSR count). The molecule has 5 heteroatoms. The van der Waals surface area contributed by atoms with E-state index < -0.39 is 0 Å². The van der Waals surface area contributed by atoms with E-state index in [1.54, 1.807) is 0 Å². The number of benzene rings is 1. The number of hydrogen-bond donors (Lipinski definition) is 1. The molecule has 1 aromatic carbocycles. The highest BCUT2D eigenvalue weighted by atomic mass is 16.5. The van der Waals surface area contributed by atoms with Crippen LogP contribution in [0.1, 0.15) is 30.3 Å². The molecule has 0 aliphatic carbocycles. The van der Waals surface area contributed by atoms with Gasteiger partial charge in [-0.2, -0.15) is 0 Å². The minimum Gasteiger partial charge on any atom is -0.494 e. The Morgan fingerprint density at radius 1 is 1.26 bits per heavy atom. The zero-order valence-corrected chi connectivity index (χ0v) is 11.5. The van der Waals surface area contributed by atoms with Gasteiger partial charge in [0, 0.05) is 6.54 Å². The zero-order chi connectivity index (χ0) is 13.7. The number of ether oxygens (including phenoxy) is 1. The van der Waals surface area contributed by atoms with E-state index >= 15 is 0 Å². The molecular formula is C14H20N4O. The first-order valence-electron chi connectivity index (χ1n) is 6.55. The molecule has 1 heterocycles. The van der Waals surface area contributed by atoms with Gasteiger partial charge in [-0.25, -0.2) is 4.68 Å². The predicted octanol–water partition coefficient (Wildman–Crippen LogP) is 1.88. The number of nitrogens with zero attached hydrogens (tertiary/aromatic N) is 3. The van der Waals surface area contributed by atoms with Crippen LogP contribution in [0.25, 0.3) is 0 Å². The van der Waals surface area contributed by atoms with Crippen LogP contribution in [0.4, 0.5) is 0 Å². The van der Waals surface area contributed by atoms with Crippen LogP contribution in [0.2, 0.25) is 0 Å². The van der Waals surface area contributed by atoms with Gasteiger partial charge in [0.25, 0.3) is 0 Å². The lowest BCUT2D eigenvalue weighted by Gasteiger charge is -2.07. The number of rotatable bonds is 6. The van der Waals surface area contributed by atoms with E-state index in [0.29, 0.717) is 13.1 Å². The van der Waals surface area contributed by atoms with E-state index in [2.05, 4.69) is 17.2 Å². The number of hydrogen-bond acceptors (Lipinski definition) is 4. The molecule has 5 nitrogen and oxygen atoms in total. The Morgan fingerprint density at radius 2 is 2.00 bits per heavy atom. The molecule has 0 aliphatic heterocycles. The molecule has 0 unspecified atom stereocenters. The topological polar surface area (TPSA) is 66.0 Å². The summed E-state index contributed by atoms with van der Waals surface area (Å²) >= 11 is 0. The molecule has 0 saturated carbocycles. The molecule has 0 fully saturated rings. The van der Waals surface area contributed by atoms with Crippen LogP contribution in [0.15, 0.2) is 24.3 Å². The Morgan fingerprint density at radius 3 is 2.58 bits per heavy atom. The largest absolute Gasteiger partial charge is 0.494 e. The molecule has 0 aliphatic rings. The Labute approximate surface area is 113 Å².